The highest BCUT2D eigenvalue weighted by atomic mass is 16.3. The van der Waals surface area contributed by atoms with Crippen LogP contribution < -0.4 is 0 Å². The maximum absolute atomic E-state index is 12.7. The smallest absolute Gasteiger partial charge is 0.261 e. The Labute approximate surface area is 145 Å². The van der Waals surface area contributed by atoms with Crippen LogP contribution >= 0.6 is 0 Å². The van der Waals surface area contributed by atoms with Crippen molar-refractivity contribution in [3.05, 3.63) is 59.7 Å². The van der Waals surface area contributed by atoms with Crippen molar-refractivity contribution >= 4 is 33.4 Å². The van der Waals surface area contributed by atoms with Gasteiger partial charge in [-0.25, -0.2) is 0 Å². The number of imide groups is 1. The van der Waals surface area contributed by atoms with Crippen molar-refractivity contribution < 1.29 is 14.7 Å². The standard InChI is InChI=1S/C21H19NO3/c1-13(6-7-23)12-22-20(24)18-10-16-8-14-4-2-3-5-15(14)9-17(16)11-19(18)21(22)25/h2-5,8-11,13,23H,6-7,12H2,1H3/t13-/m1/s1. The molecule has 0 fully saturated rings. The highest BCUT2D eigenvalue weighted by molar-refractivity contribution is 6.23. The largest absolute Gasteiger partial charge is 0.396 e. The van der Waals surface area contributed by atoms with Gasteiger partial charge < -0.3 is 5.11 Å². The molecule has 4 rings (SSSR count). The molecule has 0 saturated heterocycles. The van der Waals surface area contributed by atoms with Crippen molar-refractivity contribution in [3.63, 3.8) is 0 Å². The number of carbonyl (C=O) groups excluding carboxylic acids is 2. The number of fused-ring (bicyclic) bond motifs is 3. The fraction of sp³-hybridized carbons (Fsp3) is 0.238. The summed E-state index contributed by atoms with van der Waals surface area (Å²) in [5.74, 6) is -0.399. The van der Waals surface area contributed by atoms with E-state index in [9.17, 15) is 9.59 Å². The van der Waals surface area contributed by atoms with Crippen molar-refractivity contribution in [1.82, 2.24) is 4.90 Å². The molecule has 0 aliphatic carbocycles. The van der Waals surface area contributed by atoms with E-state index in [1.165, 1.54) is 4.90 Å². The molecular weight excluding hydrogens is 314 g/mol. The number of aliphatic hydroxyl groups excluding tert-OH is 1. The van der Waals surface area contributed by atoms with Gasteiger partial charge in [0, 0.05) is 13.2 Å². The second kappa shape index (κ2) is 5.97. The number of rotatable bonds is 4. The lowest BCUT2D eigenvalue weighted by Gasteiger charge is -2.18. The molecule has 1 aliphatic heterocycles. The van der Waals surface area contributed by atoms with E-state index in [-0.39, 0.29) is 24.3 Å². The average Bonchev–Trinajstić information content (AvgIpc) is 2.83. The third-order valence-electron chi connectivity index (χ3n) is 4.91. The van der Waals surface area contributed by atoms with E-state index >= 15 is 0 Å². The first-order valence-electron chi connectivity index (χ1n) is 8.52. The van der Waals surface area contributed by atoms with E-state index in [1.54, 1.807) is 0 Å². The van der Waals surface area contributed by atoms with Gasteiger partial charge in [-0.05, 0) is 58.1 Å². The van der Waals surface area contributed by atoms with Crippen molar-refractivity contribution in [2.45, 2.75) is 13.3 Å². The summed E-state index contributed by atoms with van der Waals surface area (Å²) in [6.07, 6.45) is 0.570. The SMILES string of the molecule is C[C@H](CCO)CN1C(=O)c2cc3cc4ccccc4cc3cc2C1=O. The fourth-order valence-corrected chi connectivity index (χ4v) is 3.52. The molecule has 0 unspecified atom stereocenters. The molecule has 0 spiro atoms. The predicted molar refractivity (Wildman–Crippen MR) is 97.7 cm³/mol. The van der Waals surface area contributed by atoms with Gasteiger partial charge in [-0.1, -0.05) is 31.2 Å². The van der Waals surface area contributed by atoms with Crippen LogP contribution in [0.3, 0.4) is 0 Å². The number of hydrogen-bond acceptors (Lipinski definition) is 3. The summed E-state index contributed by atoms with van der Waals surface area (Å²) in [4.78, 5) is 26.7. The minimum absolute atomic E-state index is 0.0564. The maximum atomic E-state index is 12.7. The Balaban J connectivity index is 1.79. The van der Waals surface area contributed by atoms with Gasteiger partial charge in [0.1, 0.15) is 0 Å². The zero-order chi connectivity index (χ0) is 17.6. The first-order chi connectivity index (χ1) is 12.1. The number of aliphatic hydroxyl groups is 1. The van der Waals surface area contributed by atoms with E-state index in [1.807, 2.05) is 43.3 Å². The molecule has 126 valence electrons. The number of hydrogen-bond donors (Lipinski definition) is 1. The van der Waals surface area contributed by atoms with Crippen LogP contribution in [0, 0.1) is 5.92 Å². The molecule has 2 amide bonds. The highest BCUT2D eigenvalue weighted by Crippen LogP contribution is 2.31. The zero-order valence-corrected chi connectivity index (χ0v) is 14.0. The molecule has 0 bridgehead atoms. The molecule has 4 heteroatoms. The third-order valence-corrected chi connectivity index (χ3v) is 4.91. The monoisotopic (exact) mass is 333 g/mol. The predicted octanol–water partition coefficient (Wildman–Crippen LogP) is 3.61. The zero-order valence-electron chi connectivity index (χ0n) is 14.0. The molecule has 4 nitrogen and oxygen atoms in total. The summed E-state index contributed by atoms with van der Waals surface area (Å²) < 4.78 is 0. The van der Waals surface area contributed by atoms with Gasteiger partial charge in [-0.3, -0.25) is 14.5 Å². The van der Waals surface area contributed by atoms with Gasteiger partial charge in [-0.2, -0.15) is 0 Å². The molecule has 0 saturated carbocycles. The molecule has 0 aromatic heterocycles. The molecule has 3 aromatic carbocycles. The summed E-state index contributed by atoms with van der Waals surface area (Å²) in [5, 5.41) is 13.2. The van der Waals surface area contributed by atoms with E-state index in [2.05, 4.69) is 12.1 Å². The van der Waals surface area contributed by atoms with Gasteiger partial charge in [-0.15, -0.1) is 0 Å². The van der Waals surface area contributed by atoms with Crippen LogP contribution in [0.4, 0.5) is 0 Å². The van der Waals surface area contributed by atoms with Crippen LogP contribution in [0.2, 0.25) is 0 Å². The van der Waals surface area contributed by atoms with Gasteiger partial charge >= 0.3 is 0 Å². The van der Waals surface area contributed by atoms with Gasteiger partial charge in [0.25, 0.3) is 11.8 Å². The van der Waals surface area contributed by atoms with Gasteiger partial charge in [0.2, 0.25) is 0 Å². The Morgan fingerprint density at radius 1 is 0.880 bits per heavy atom. The van der Waals surface area contributed by atoms with Crippen LogP contribution in [0.15, 0.2) is 48.5 Å². The van der Waals surface area contributed by atoms with Crippen molar-refractivity contribution in [2.24, 2.45) is 5.92 Å². The lowest BCUT2D eigenvalue weighted by Crippen LogP contribution is -2.34. The van der Waals surface area contributed by atoms with Crippen LogP contribution in [0.1, 0.15) is 34.1 Å². The summed E-state index contributed by atoms with van der Waals surface area (Å²) >= 11 is 0. The summed E-state index contributed by atoms with van der Waals surface area (Å²) in [7, 11) is 0. The Bertz CT molecular complexity index is 935. The molecule has 1 aliphatic rings. The number of benzene rings is 3. The minimum atomic E-state index is -0.236. The fourth-order valence-electron chi connectivity index (χ4n) is 3.52. The average molecular weight is 333 g/mol. The Kier molecular flexibility index (Phi) is 3.77. The topological polar surface area (TPSA) is 57.6 Å². The lowest BCUT2D eigenvalue weighted by molar-refractivity contribution is 0.0624. The highest BCUT2D eigenvalue weighted by Gasteiger charge is 2.36. The van der Waals surface area contributed by atoms with E-state index < -0.39 is 0 Å². The molecular formula is C21H19NO3. The Hall–Kier alpha value is -2.72. The normalized spacial score (nSPS) is 15.2. The molecule has 0 radical (unpaired) electrons. The number of nitrogens with zero attached hydrogens (tertiary/aromatic N) is 1. The first-order valence-corrected chi connectivity index (χ1v) is 8.52. The third kappa shape index (κ3) is 2.59. The molecule has 1 atom stereocenters. The number of carbonyl (C=O) groups is 2. The van der Waals surface area contributed by atoms with Crippen LogP contribution in [0.5, 0.6) is 0 Å². The van der Waals surface area contributed by atoms with Crippen LogP contribution in [-0.4, -0.2) is 35.0 Å². The van der Waals surface area contributed by atoms with Crippen LogP contribution in [-0.2, 0) is 0 Å². The Morgan fingerprint density at radius 2 is 1.40 bits per heavy atom. The van der Waals surface area contributed by atoms with E-state index in [0.29, 0.717) is 24.1 Å². The second-order valence-corrected chi connectivity index (χ2v) is 6.78. The first kappa shape index (κ1) is 15.8. The summed E-state index contributed by atoms with van der Waals surface area (Å²) in [6, 6.07) is 15.8. The van der Waals surface area contributed by atoms with E-state index in [0.717, 1.165) is 21.5 Å². The van der Waals surface area contributed by atoms with Gasteiger partial charge in [0.15, 0.2) is 0 Å². The van der Waals surface area contributed by atoms with E-state index in [4.69, 9.17) is 5.11 Å². The van der Waals surface area contributed by atoms with Gasteiger partial charge in [0.05, 0.1) is 11.1 Å². The second-order valence-electron chi connectivity index (χ2n) is 6.78. The number of amides is 2. The quantitative estimate of drug-likeness (QED) is 0.586. The maximum Gasteiger partial charge on any atom is 0.261 e. The summed E-state index contributed by atoms with van der Waals surface area (Å²) in [6.45, 7) is 2.33. The summed E-state index contributed by atoms with van der Waals surface area (Å²) in [5.41, 5.74) is 0.952. The minimum Gasteiger partial charge on any atom is -0.396 e. The Morgan fingerprint density at radius 3 is 1.88 bits per heavy atom. The lowest BCUT2D eigenvalue weighted by atomic mass is 9.99. The molecule has 1 N–H and O–H groups in total. The molecule has 25 heavy (non-hydrogen) atoms. The van der Waals surface area contributed by atoms with Crippen molar-refractivity contribution in [1.29, 1.82) is 0 Å². The van der Waals surface area contributed by atoms with Crippen molar-refractivity contribution in [3.8, 4) is 0 Å². The van der Waals surface area contributed by atoms with Crippen molar-refractivity contribution in [2.75, 3.05) is 13.2 Å². The molecule has 3 aromatic rings. The van der Waals surface area contributed by atoms with Crippen LogP contribution in [0.25, 0.3) is 21.5 Å². The molecule has 1 heterocycles.